The number of quaternary nitrogens is 1. The zero-order valence-corrected chi connectivity index (χ0v) is 24.1. The van der Waals surface area contributed by atoms with Gasteiger partial charge in [0.15, 0.2) is 5.69 Å². The number of nitrogens with zero attached hydrogens (tertiary/aromatic N) is 3. The van der Waals surface area contributed by atoms with Crippen molar-refractivity contribution in [1.29, 1.82) is 0 Å². The molecule has 2 aromatic carbocycles. The second-order valence-electron chi connectivity index (χ2n) is 11.3. The summed E-state index contributed by atoms with van der Waals surface area (Å²) in [6.07, 6.45) is 4.17. The predicted molar refractivity (Wildman–Crippen MR) is 154 cm³/mol. The Hall–Kier alpha value is -3.00. The Bertz CT molecular complexity index is 1470. The van der Waals surface area contributed by atoms with Gasteiger partial charge in [0.2, 0.25) is 11.5 Å². The number of Topliss-reactive ketones (excluding diaryl/α,β-unsaturated/α-hetero) is 1. The maximum atomic E-state index is 14.0. The fourth-order valence-electron chi connectivity index (χ4n) is 6.49. The van der Waals surface area contributed by atoms with Gasteiger partial charge in [0.05, 0.1) is 6.21 Å². The van der Waals surface area contributed by atoms with Gasteiger partial charge < -0.3 is 10.0 Å². The van der Waals surface area contributed by atoms with Crippen LogP contribution < -0.4 is 4.59 Å². The topological polar surface area (TPSA) is 87.0 Å². The molecule has 39 heavy (non-hydrogen) atoms. The highest BCUT2D eigenvalue weighted by molar-refractivity contribution is 6.32. The molecule has 1 saturated heterocycles. The fourth-order valence-corrected chi connectivity index (χ4v) is 6.76. The number of hydrogen-bond acceptors (Lipinski definition) is 4. The van der Waals surface area contributed by atoms with Gasteiger partial charge in [0.1, 0.15) is 11.6 Å². The molecule has 1 unspecified atom stereocenters. The molecule has 1 N–H and O–H groups in total. The number of aryl methyl sites for hydroxylation is 1. The first-order valence-electron chi connectivity index (χ1n) is 13.2. The lowest BCUT2D eigenvalue weighted by Gasteiger charge is -2.45. The van der Waals surface area contributed by atoms with Crippen molar-refractivity contribution >= 4 is 52.8 Å². The zero-order valence-electron chi connectivity index (χ0n) is 22.6. The van der Waals surface area contributed by atoms with E-state index in [-0.39, 0.29) is 33.3 Å². The van der Waals surface area contributed by atoms with Crippen LogP contribution in [0.15, 0.2) is 46.7 Å². The van der Waals surface area contributed by atoms with Crippen molar-refractivity contribution in [2.24, 2.45) is 10.5 Å². The lowest BCUT2D eigenvalue weighted by atomic mass is 9.66. The summed E-state index contributed by atoms with van der Waals surface area (Å²) in [6, 6.07) is 8.16. The maximum Gasteiger partial charge on any atom is 0.341 e. The van der Waals surface area contributed by atoms with Crippen molar-refractivity contribution in [1.82, 2.24) is 9.49 Å². The molecule has 2 heterocycles. The van der Waals surface area contributed by atoms with Gasteiger partial charge in [0, 0.05) is 46.3 Å². The minimum atomic E-state index is -1.08. The molecule has 1 fully saturated rings. The average molecular weight is 570 g/mol. The van der Waals surface area contributed by atoms with E-state index in [1.165, 1.54) is 6.07 Å². The highest BCUT2D eigenvalue weighted by atomic mass is 35.5. The van der Waals surface area contributed by atoms with Crippen LogP contribution in [0.3, 0.4) is 0 Å². The van der Waals surface area contributed by atoms with Gasteiger partial charge in [-0.1, -0.05) is 28.3 Å². The first-order chi connectivity index (χ1) is 18.4. The highest BCUT2D eigenvalue weighted by Crippen LogP contribution is 2.52. The number of likely N-dealkylation sites (tertiary alicyclic amines) is 1. The molecular weight excluding hydrogens is 537 g/mol. The number of aromatic carboxylic acids is 1. The van der Waals surface area contributed by atoms with Gasteiger partial charge in [-0.05, 0) is 88.3 Å². The van der Waals surface area contributed by atoms with E-state index in [0.717, 1.165) is 11.1 Å². The molecule has 2 aromatic rings. The van der Waals surface area contributed by atoms with Gasteiger partial charge in [0.25, 0.3) is 5.91 Å². The molecule has 0 saturated carbocycles. The number of benzene rings is 2. The number of rotatable bonds is 4. The molecule has 0 bridgehead atoms. The molecule has 0 radical (unpaired) electrons. The smallest absolute Gasteiger partial charge is 0.341 e. The van der Waals surface area contributed by atoms with Gasteiger partial charge in [-0.2, -0.15) is 0 Å². The normalized spacial score (nSPS) is 22.1. The lowest BCUT2D eigenvalue weighted by Crippen LogP contribution is -2.53. The Kier molecular flexibility index (Phi) is 6.98. The summed E-state index contributed by atoms with van der Waals surface area (Å²) in [7, 11) is 0. The van der Waals surface area contributed by atoms with E-state index in [1.807, 2.05) is 31.7 Å². The number of halogens is 2. The molecule has 1 atom stereocenters. The SMILES string of the molecule is Cc1cc(C(=O)N2CCC3(CC2)CC(=O)C2=C(C=N[N+]2(c2c(C(=O)O)ccc(Cl)c2C)C(C)C)C3)ccc1Cl. The molecule has 1 spiro atoms. The van der Waals surface area contributed by atoms with Crippen molar-refractivity contribution in [3.63, 3.8) is 0 Å². The second kappa shape index (κ2) is 9.88. The maximum absolute atomic E-state index is 14.0. The molecule has 7 nitrogen and oxygen atoms in total. The van der Waals surface area contributed by atoms with E-state index in [4.69, 9.17) is 28.3 Å². The summed E-state index contributed by atoms with van der Waals surface area (Å²) in [5, 5.41) is 16.0. The molecule has 5 rings (SSSR count). The Morgan fingerprint density at radius 3 is 2.33 bits per heavy atom. The van der Waals surface area contributed by atoms with E-state index in [9.17, 15) is 19.5 Å². The third kappa shape index (κ3) is 4.41. The van der Waals surface area contributed by atoms with Gasteiger partial charge in [-0.3, -0.25) is 9.59 Å². The minimum absolute atomic E-state index is 0.0220. The number of carbonyl (C=O) groups is 3. The van der Waals surface area contributed by atoms with E-state index in [0.29, 0.717) is 71.3 Å². The number of carboxylic acid groups (broad SMARTS) is 1. The second-order valence-corrected chi connectivity index (χ2v) is 12.1. The third-order valence-corrected chi connectivity index (χ3v) is 9.44. The Balaban J connectivity index is 1.46. The molecule has 0 aromatic heterocycles. The summed E-state index contributed by atoms with van der Waals surface area (Å²) < 4.78 is -0.196. The molecule has 204 valence electrons. The zero-order chi connectivity index (χ0) is 28.3. The molecule has 2 aliphatic heterocycles. The number of amides is 1. The van der Waals surface area contributed by atoms with Crippen LogP contribution in [-0.4, -0.2) is 53.0 Å². The fraction of sp³-hybridized carbons (Fsp3) is 0.400. The number of carboxylic acids is 1. The number of allylic oxidation sites excluding steroid dienone is 2. The number of ketones is 1. The Morgan fingerprint density at radius 1 is 1.05 bits per heavy atom. The Labute approximate surface area is 238 Å². The lowest BCUT2D eigenvalue weighted by molar-refractivity contribution is -0.121. The van der Waals surface area contributed by atoms with Crippen LogP contribution >= 0.6 is 23.2 Å². The Morgan fingerprint density at radius 2 is 1.72 bits per heavy atom. The van der Waals surface area contributed by atoms with E-state index < -0.39 is 5.97 Å². The van der Waals surface area contributed by atoms with Gasteiger partial charge >= 0.3 is 5.97 Å². The van der Waals surface area contributed by atoms with E-state index in [2.05, 4.69) is 0 Å². The number of hydrogen-bond donors (Lipinski definition) is 1. The van der Waals surface area contributed by atoms with Crippen LogP contribution in [0.25, 0.3) is 0 Å². The minimum Gasteiger partial charge on any atom is -0.477 e. The van der Waals surface area contributed by atoms with Crippen molar-refractivity contribution < 1.29 is 19.5 Å². The number of piperidine rings is 1. The van der Waals surface area contributed by atoms with Crippen LogP contribution in [-0.2, 0) is 4.79 Å². The van der Waals surface area contributed by atoms with Gasteiger partial charge in [-0.15, -0.1) is 4.59 Å². The molecular formula is C30H32Cl2N3O4+. The van der Waals surface area contributed by atoms with Crippen molar-refractivity contribution in [3.8, 4) is 0 Å². The summed E-state index contributed by atoms with van der Waals surface area (Å²) in [4.78, 5) is 41.3. The quantitative estimate of drug-likeness (QED) is 0.423. The monoisotopic (exact) mass is 568 g/mol. The molecule has 1 aliphatic carbocycles. The largest absolute Gasteiger partial charge is 0.477 e. The van der Waals surface area contributed by atoms with Crippen LogP contribution in [0.4, 0.5) is 5.69 Å². The van der Waals surface area contributed by atoms with E-state index in [1.54, 1.807) is 31.3 Å². The summed E-state index contributed by atoms with van der Waals surface area (Å²) in [6.45, 7) is 8.68. The average Bonchev–Trinajstić information content (AvgIpc) is 3.27. The first-order valence-corrected chi connectivity index (χ1v) is 14.0. The molecule has 1 amide bonds. The standard InChI is InChI=1S/C30H31Cl2N3O4/c1-17(2)35(26-19(4)24(32)8-6-22(26)29(38)39)27-21(16-33-35)14-30(15-25(27)36)9-11-34(12-10-30)28(37)20-5-7-23(31)18(3)13-20/h5-8,13,16-17H,9-12,14-15H2,1-4H3/p+1. The van der Waals surface area contributed by atoms with E-state index >= 15 is 0 Å². The van der Waals surface area contributed by atoms with Crippen molar-refractivity contribution in [2.75, 3.05) is 13.1 Å². The summed E-state index contributed by atoms with van der Waals surface area (Å²) >= 11 is 12.6. The van der Waals surface area contributed by atoms with Crippen molar-refractivity contribution in [3.05, 3.63) is 73.9 Å². The first kappa shape index (κ1) is 27.6. The number of carbonyl (C=O) groups excluding carboxylic acids is 2. The van der Waals surface area contributed by atoms with Crippen LogP contribution in [0.1, 0.15) is 71.4 Å². The predicted octanol–water partition coefficient (Wildman–Crippen LogP) is 6.56. The summed E-state index contributed by atoms with van der Waals surface area (Å²) in [5.41, 5.74) is 3.75. The van der Waals surface area contributed by atoms with Gasteiger partial charge in [-0.25, -0.2) is 4.79 Å². The van der Waals surface area contributed by atoms with Crippen LogP contribution in [0.5, 0.6) is 0 Å². The van der Waals surface area contributed by atoms with Crippen LogP contribution in [0, 0.1) is 19.3 Å². The summed E-state index contributed by atoms with van der Waals surface area (Å²) in [5.74, 6) is -1.13. The highest BCUT2D eigenvalue weighted by Gasteiger charge is 2.56. The third-order valence-electron chi connectivity index (χ3n) is 8.61. The molecule has 3 aliphatic rings. The van der Waals surface area contributed by atoms with Crippen LogP contribution in [0.2, 0.25) is 10.0 Å². The molecule has 9 heteroatoms. The van der Waals surface area contributed by atoms with Crippen molar-refractivity contribution in [2.45, 2.75) is 59.4 Å².